The van der Waals surface area contributed by atoms with Crippen LogP contribution in [-0.2, 0) is 0 Å². The maximum atomic E-state index is 6.60. The van der Waals surface area contributed by atoms with Gasteiger partial charge in [0.05, 0.1) is 16.6 Å². The van der Waals surface area contributed by atoms with Gasteiger partial charge in [0, 0.05) is 21.5 Å². The van der Waals surface area contributed by atoms with E-state index < -0.39 is 0 Å². The van der Waals surface area contributed by atoms with E-state index >= 15 is 0 Å². The van der Waals surface area contributed by atoms with Crippen LogP contribution in [0.1, 0.15) is 0 Å². The van der Waals surface area contributed by atoms with Crippen LogP contribution in [0.4, 0.5) is 0 Å². The van der Waals surface area contributed by atoms with Crippen LogP contribution in [0.25, 0.3) is 106 Å². The Kier molecular flexibility index (Phi) is 7.42. The number of fused-ring (bicyclic) bond motifs is 6. The van der Waals surface area contributed by atoms with Crippen molar-refractivity contribution in [2.24, 2.45) is 0 Å². The Morgan fingerprint density at radius 1 is 0.375 bits per heavy atom. The minimum atomic E-state index is 0.553. The monoisotopic (exact) mass is 716 g/mol. The van der Waals surface area contributed by atoms with Gasteiger partial charge in [-0.15, -0.1) is 0 Å². The second-order valence-corrected chi connectivity index (χ2v) is 14.1. The summed E-state index contributed by atoms with van der Waals surface area (Å²) in [6, 6.07) is 66.1. The van der Waals surface area contributed by atoms with Crippen LogP contribution in [0, 0.1) is 0 Å². The van der Waals surface area contributed by atoms with Crippen molar-refractivity contribution >= 4 is 43.7 Å². The number of furan rings is 1. The maximum absolute atomic E-state index is 6.60. The van der Waals surface area contributed by atoms with Crippen molar-refractivity contribution in [2.45, 2.75) is 0 Å². The third-order valence-corrected chi connectivity index (χ3v) is 10.8. The smallest absolute Gasteiger partial charge is 0.238 e. The topological polar surface area (TPSA) is 56.7 Å². The minimum Gasteiger partial charge on any atom is -0.455 e. The fraction of sp³-hybridized carbons (Fsp3) is 0. The summed E-state index contributed by atoms with van der Waals surface area (Å²) in [5.74, 6) is 1.11. The first-order chi connectivity index (χ1) is 27.7. The third kappa shape index (κ3) is 5.37. The Hall–Kier alpha value is -7.63. The van der Waals surface area contributed by atoms with E-state index in [1.165, 1.54) is 33.4 Å². The molecule has 0 amide bonds. The number of nitrogens with zero attached hydrogens (tertiary/aromatic N) is 4. The van der Waals surface area contributed by atoms with Gasteiger partial charge >= 0.3 is 0 Å². The van der Waals surface area contributed by atoms with Crippen LogP contribution in [-0.4, -0.2) is 19.5 Å². The Balaban J connectivity index is 0.981. The Morgan fingerprint density at radius 2 is 0.911 bits per heavy atom. The van der Waals surface area contributed by atoms with E-state index in [1.54, 1.807) is 6.33 Å². The highest BCUT2D eigenvalue weighted by atomic mass is 16.3. The number of aromatic nitrogens is 4. The van der Waals surface area contributed by atoms with Crippen LogP contribution in [0.3, 0.4) is 0 Å². The second kappa shape index (κ2) is 13.0. The van der Waals surface area contributed by atoms with Gasteiger partial charge in [0.1, 0.15) is 17.5 Å². The molecule has 0 unspecified atom stereocenters. The Labute approximate surface area is 322 Å². The summed E-state index contributed by atoms with van der Waals surface area (Å²) in [6.45, 7) is 0. The number of hydrogen-bond acceptors (Lipinski definition) is 4. The van der Waals surface area contributed by atoms with Gasteiger partial charge in [-0.2, -0.15) is 4.98 Å². The van der Waals surface area contributed by atoms with Crippen LogP contribution in [0.5, 0.6) is 0 Å². The predicted octanol–water partition coefficient (Wildman–Crippen LogP) is 13.2. The normalized spacial score (nSPS) is 11.6. The first kappa shape index (κ1) is 31.9. The molecule has 11 aromatic rings. The zero-order valence-electron chi connectivity index (χ0n) is 30.2. The Bertz CT molecular complexity index is 3250. The molecule has 0 fully saturated rings. The average molecular weight is 717 g/mol. The molecule has 262 valence electrons. The van der Waals surface area contributed by atoms with Gasteiger partial charge in [0.15, 0.2) is 5.82 Å². The van der Waals surface area contributed by atoms with Crippen molar-refractivity contribution in [3.05, 3.63) is 194 Å². The van der Waals surface area contributed by atoms with E-state index in [0.29, 0.717) is 11.8 Å². The van der Waals surface area contributed by atoms with Gasteiger partial charge in [-0.1, -0.05) is 140 Å². The fourth-order valence-corrected chi connectivity index (χ4v) is 8.07. The summed E-state index contributed by atoms with van der Waals surface area (Å²) in [5.41, 5.74) is 13.8. The number of rotatable bonds is 6. The summed E-state index contributed by atoms with van der Waals surface area (Å²) >= 11 is 0. The zero-order valence-corrected chi connectivity index (χ0v) is 30.2. The molecule has 8 aromatic carbocycles. The lowest BCUT2D eigenvalue weighted by Crippen LogP contribution is -2.03. The highest BCUT2D eigenvalue weighted by molar-refractivity contribution is 6.11. The van der Waals surface area contributed by atoms with E-state index in [2.05, 4.69) is 185 Å². The van der Waals surface area contributed by atoms with Gasteiger partial charge in [-0.25, -0.2) is 9.97 Å². The molecule has 0 spiro atoms. The molecule has 3 aromatic heterocycles. The summed E-state index contributed by atoms with van der Waals surface area (Å²) < 4.78 is 8.72. The third-order valence-electron chi connectivity index (χ3n) is 10.8. The summed E-state index contributed by atoms with van der Waals surface area (Å²) in [5, 5.41) is 4.34. The largest absolute Gasteiger partial charge is 0.455 e. The Morgan fingerprint density at radius 3 is 1.64 bits per heavy atom. The number of para-hydroxylation sites is 2. The van der Waals surface area contributed by atoms with Gasteiger partial charge in [0.2, 0.25) is 5.95 Å². The van der Waals surface area contributed by atoms with E-state index in [9.17, 15) is 0 Å². The average Bonchev–Trinajstić information content (AvgIpc) is 3.82. The molecular formula is C51H32N4O. The van der Waals surface area contributed by atoms with Gasteiger partial charge in [0.25, 0.3) is 0 Å². The quantitative estimate of drug-likeness (QED) is 0.172. The van der Waals surface area contributed by atoms with Crippen molar-refractivity contribution in [1.29, 1.82) is 0 Å². The molecule has 0 saturated heterocycles. The standard InChI is InChI=1S/C51H32N4O/c1-3-12-33(13-4-1)35-16-9-17-36(28-35)37-18-10-19-38(29-37)40-25-27-48-45(31-40)42-21-11-22-43(49(42)56-48)50-52-32-53-51(54-50)55-46-23-8-7-20-41(46)44-30-39(24-26-47(44)55)34-14-5-2-6-15-34/h1-32H. The molecule has 0 N–H and O–H groups in total. The molecule has 0 radical (unpaired) electrons. The molecule has 56 heavy (non-hydrogen) atoms. The van der Waals surface area contributed by atoms with E-state index in [1.807, 2.05) is 12.1 Å². The zero-order chi connectivity index (χ0) is 37.0. The SMILES string of the molecule is c1ccc(-c2cccc(-c3cccc(-c4ccc5oc6c(-c7ncnc(-n8c9ccccc9c9cc(-c%10ccccc%10)ccc98)n7)cccc6c5c4)c3)c2)cc1. The van der Waals surface area contributed by atoms with Crippen LogP contribution < -0.4 is 0 Å². The molecule has 0 saturated carbocycles. The van der Waals surface area contributed by atoms with Crippen LogP contribution in [0.2, 0.25) is 0 Å². The lowest BCUT2D eigenvalue weighted by atomic mass is 9.95. The predicted molar refractivity (Wildman–Crippen MR) is 229 cm³/mol. The van der Waals surface area contributed by atoms with Gasteiger partial charge in [-0.3, -0.25) is 4.57 Å². The van der Waals surface area contributed by atoms with Crippen molar-refractivity contribution in [3.63, 3.8) is 0 Å². The highest BCUT2D eigenvalue weighted by Crippen LogP contribution is 2.39. The molecular weight excluding hydrogens is 685 g/mol. The van der Waals surface area contributed by atoms with Gasteiger partial charge in [-0.05, 0) is 93.0 Å². The fourth-order valence-electron chi connectivity index (χ4n) is 8.07. The maximum Gasteiger partial charge on any atom is 0.238 e. The molecule has 0 atom stereocenters. The van der Waals surface area contributed by atoms with Crippen LogP contribution in [0.15, 0.2) is 199 Å². The molecule has 5 heteroatoms. The molecule has 0 aliphatic heterocycles. The van der Waals surface area contributed by atoms with Gasteiger partial charge < -0.3 is 4.42 Å². The van der Waals surface area contributed by atoms with Crippen molar-refractivity contribution in [1.82, 2.24) is 19.5 Å². The summed E-state index contributed by atoms with van der Waals surface area (Å²) in [4.78, 5) is 14.5. The molecule has 0 bridgehead atoms. The second-order valence-electron chi connectivity index (χ2n) is 14.1. The van der Waals surface area contributed by atoms with Crippen molar-refractivity contribution in [2.75, 3.05) is 0 Å². The van der Waals surface area contributed by atoms with Crippen molar-refractivity contribution < 1.29 is 4.42 Å². The number of hydrogen-bond donors (Lipinski definition) is 0. The molecule has 3 heterocycles. The first-order valence-corrected chi connectivity index (χ1v) is 18.8. The van der Waals surface area contributed by atoms with E-state index in [0.717, 1.165) is 60.4 Å². The molecule has 0 aliphatic rings. The molecule has 5 nitrogen and oxygen atoms in total. The summed E-state index contributed by atoms with van der Waals surface area (Å²) in [7, 11) is 0. The molecule has 0 aliphatic carbocycles. The van der Waals surface area contributed by atoms with Crippen molar-refractivity contribution in [3.8, 4) is 61.8 Å². The van der Waals surface area contributed by atoms with E-state index in [-0.39, 0.29) is 0 Å². The number of benzene rings is 8. The first-order valence-electron chi connectivity index (χ1n) is 18.8. The minimum absolute atomic E-state index is 0.553. The van der Waals surface area contributed by atoms with Crippen LogP contribution >= 0.6 is 0 Å². The highest BCUT2D eigenvalue weighted by Gasteiger charge is 2.19. The molecule has 11 rings (SSSR count). The van der Waals surface area contributed by atoms with E-state index in [4.69, 9.17) is 14.4 Å². The summed E-state index contributed by atoms with van der Waals surface area (Å²) in [6.07, 6.45) is 1.60. The lowest BCUT2D eigenvalue weighted by molar-refractivity contribution is 0.669. The lowest BCUT2D eigenvalue weighted by Gasteiger charge is -2.09.